The number of alkyl halides is 3. The van der Waals surface area contributed by atoms with Gasteiger partial charge < -0.3 is 4.98 Å². The fourth-order valence-electron chi connectivity index (χ4n) is 1.41. The summed E-state index contributed by atoms with van der Waals surface area (Å²) in [5, 5.41) is 0. The zero-order valence-electron chi connectivity index (χ0n) is 8.75. The van der Waals surface area contributed by atoms with Gasteiger partial charge in [0.15, 0.2) is 0 Å². The largest absolute Gasteiger partial charge is 0.431 e. The number of hydrogen-bond donors (Lipinski definition) is 1. The molecule has 0 radical (unpaired) electrons. The number of nitrogens with zero attached hydrogens (tertiary/aromatic N) is 1. The molecule has 0 saturated heterocycles. The summed E-state index contributed by atoms with van der Waals surface area (Å²) in [6, 6.07) is 7.34. The van der Waals surface area contributed by atoms with Gasteiger partial charge in [0.2, 0.25) is 0 Å². The smallest absolute Gasteiger partial charge is 0.302 e. The van der Waals surface area contributed by atoms with Gasteiger partial charge in [0, 0.05) is 10.0 Å². The monoisotopic (exact) mass is 318 g/mol. The van der Waals surface area contributed by atoms with Crippen LogP contribution in [0.4, 0.5) is 13.2 Å². The Morgan fingerprint density at radius 1 is 1.22 bits per heavy atom. The van der Waals surface area contributed by atoms with Gasteiger partial charge in [-0.1, -0.05) is 28.1 Å². The Kier molecular flexibility index (Phi) is 3.25. The van der Waals surface area contributed by atoms with E-state index in [2.05, 4.69) is 20.9 Å². The zero-order valence-corrected chi connectivity index (χ0v) is 10.3. The van der Waals surface area contributed by atoms with Crippen LogP contribution in [0.2, 0.25) is 0 Å². The molecule has 0 saturated carbocycles. The minimum atomic E-state index is -4.61. The third-order valence-electron chi connectivity index (χ3n) is 2.17. The number of hydrogen-bond acceptors (Lipinski definition) is 2. The first-order valence-electron chi connectivity index (χ1n) is 4.81. The summed E-state index contributed by atoms with van der Waals surface area (Å²) >= 11 is 3.20. The molecule has 1 heterocycles. The van der Waals surface area contributed by atoms with Gasteiger partial charge in [0.25, 0.3) is 0 Å². The Bertz CT molecular complexity index is 637. The molecule has 0 bridgehead atoms. The summed E-state index contributed by atoms with van der Waals surface area (Å²) in [4.78, 5) is 16.3. The summed E-state index contributed by atoms with van der Waals surface area (Å²) in [5.41, 5.74) is -1.73. The SMILES string of the molecule is O=c1nc(-c2cccc(Br)c2)cc(C(F)(F)F)[nH]1. The third kappa shape index (κ3) is 2.79. The van der Waals surface area contributed by atoms with Gasteiger partial charge in [-0.15, -0.1) is 0 Å². The van der Waals surface area contributed by atoms with Crippen molar-refractivity contribution in [3.63, 3.8) is 0 Å². The van der Waals surface area contributed by atoms with Crippen LogP contribution >= 0.6 is 15.9 Å². The molecule has 0 aliphatic heterocycles. The number of nitrogens with one attached hydrogen (secondary N) is 1. The summed E-state index contributed by atoms with van der Waals surface area (Å²) < 4.78 is 38.3. The van der Waals surface area contributed by atoms with E-state index in [9.17, 15) is 18.0 Å². The second kappa shape index (κ2) is 4.56. The van der Waals surface area contributed by atoms with Crippen molar-refractivity contribution in [1.29, 1.82) is 0 Å². The highest BCUT2D eigenvalue weighted by molar-refractivity contribution is 9.10. The van der Waals surface area contributed by atoms with Gasteiger partial charge in [-0.3, -0.25) is 0 Å². The molecule has 0 aliphatic rings. The summed E-state index contributed by atoms with van der Waals surface area (Å²) in [7, 11) is 0. The first-order valence-corrected chi connectivity index (χ1v) is 5.60. The molecule has 94 valence electrons. The maximum absolute atomic E-state index is 12.5. The lowest BCUT2D eigenvalue weighted by Gasteiger charge is -2.07. The van der Waals surface area contributed by atoms with Crippen molar-refractivity contribution >= 4 is 15.9 Å². The average Bonchev–Trinajstić information content (AvgIpc) is 2.27. The molecule has 18 heavy (non-hydrogen) atoms. The number of rotatable bonds is 1. The predicted molar refractivity (Wildman–Crippen MR) is 63.0 cm³/mol. The molecule has 2 rings (SSSR count). The fraction of sp³-hybridized carbons (Fsp3) is 0.0909. The normalized spacial score (nSPS) is 11.6. The Labute approximate surface area is 108 Å². The molecule has 2 aromatic rings. The van der Waals surface area contributed by atoms with Crippen molar-refractivity contribution in [3.05, 3.63) is 51.0 Å². The van der Waals surface area contributed by atoms with Crippen LogP contribution in [0.1, 0.15) is 5.69 Å². The van der Waals surface area contributed by atoms with Crippen molar-refractivity contribution in [2.75, 3.05) is 0 Å². The lowest BCUT2D eigenvalue weighted by atomic mass is 10.1. The summed E-state index contributed by atoms with van der Waals surface area (Å²) in [6.07, 6.45) is -4.61. The Morgan fingerprint density at radius 3 is 2.56 bits per heavy atom. The van der Waals surface area contributed by atoms with E-state index in [0.717, 1.165) is 6.07 Å². The number of H-pyrrole nitrogens is 1. The molecule has 0 aliphatic carbocycles. The number of aromatic nitrogens is 2. The molecular weight excluding hydrogens is 313 g/mol. The van der Waals surface area contributed by atoms with Crippen molar-refractivity contribution in [1.82, 2.24) is 9.97 Å². The van der Waals surface area contributed by atoms with Crippen molar-refractivity contribution in [2.45, 2.75) is 6.18 Å². The molecule has 0 amide bonds. The van der Waals surface area contributed by atoms with Gasteiger partial charge in [-0.25, -0.2) is 4.79 Å². The number of halogens is 4. The van der Waals surface area contributed by atoms with Crippen molar-refractivity contribution in [2.24, 2.45) is 0 Å². The van der Waals surface area contributed by atoms with Crippen molar-refractivity contribution in [3.8, 4) is 11.3 Å². The Morgan fingerprint density at radius 2 is 1.94 bits per heavy atom. The van der Waals surface area contributed by atoms with E-state index in [1.165, 1.54) is 0 Å². The predicted octanol–water partition coefficient (Wildman–Crippen LogP) is 3.22. The average molecular weight is 319 g/mol. The molecule has 0 atom stereocenters. The second-order valence-corrected chi connectivity index (χ2v) is 4.41. The van der Waals surface area contributed by atoms with Crippen LogP contribution in [-0.2, 0) is 6.18 Å². The van der Waals surface area contributed by atoms with Gasteiger partial charge in [0.1, 0.15) is 5.69 Å². The molecule has 7 heteroatoms. The molecule has 1 aromatic carbocycles. The van der Waals surface area contributed by atoms with Gasteiger partial charge in [-0.05, 0) is 18.2 Å². The highest BCUT2D eigenvalue weighted by Gasteiger charge is 2.32. The van der Waals surface area contributed by atoms with Gasteiger partial charge in [0.05, 0.1) is 5.69 Å². The molecule has 0 unspecified atom stereocenters. The first kappa shape index (κ1) is 12.8. The maximum atomic E-state index is 12.5. The fourth-order valence-corrected chi connectivity index (χ4v) is 1.81. The van der Waals surface area contributed by atoms with Crippen LogP contribution in [0.3, 0.4) is 0 Å². The minimum Gasteiger partial charge on any atom is -0.302 e. The third-order valence-corrected chi connectivity index (χ3v) is 2.66. The topological polar surface area (TPSA) is 45.8 Å². The van der Waals surface area contributed by atoms with Crippen LogP contribution in [0, 0.1) is 0 Å². The lowest BCUT2D eigenvalue weighted by Crippen LogP contribution is -2.19. The van der Waals surface area contributed by atoms with Crippen molar-refractivity contribution < 1.29 is 13.2 Å². The molecule has 3 nitrogen and oxygen atoms in total. The molecule has 1 aromatic heterocycles. The molecule has 0 spiro atoms. The summed E-state index contributed by atoms with van der Waals surface area (Å²) in [6.45, 7) is 0. The van der Waals surface area contributed by atoms with E-state index >= 15 is 0 Å². The lowest BCUT2D eigenvalue weighted by molar-refractivity contribution is -0.141. The van der Waals surface area contributed by atoms with E-state index in [0.29, 0.717) is 10.0 Å². The van der Waals surface area contributed by atoms with E-state index in [4.69, 9.17) is 0 Å². The van der Waals surface area contributed by atoms with Crippen LogP contribution in [-0.4, -0.2) is 9.97 Å². The van der Waals surface area contributed by atoms with Crippen LogP contribution in [0.25, 0.3) is 11.3 Å². The Balaban J connectivity index is 2.59. The van der Waals surface area contributed by atoms with E-state index in [1.54, 1.807) is 29.2 Å². The second-order valence-electron chi connectivity index (χ2n) is 3.49. The maximum Gasteiger partial charge on any atom is 0.431 e. The minimum absolute atomic E-state index is 0.0209. The molecule has 0 fully saturated rings. The number of aromatic amines is 1. The van der Waals surface area contributed by atoms with E-state index in [1.807, 2.05) is 0 Å². The quantitative estimate of drug-likeness (QED) is 0.877. The van der Waals surface area contributed by atoms with E-state index in [-0.39, 0.29) is 5.69 Å². The van der Waals surface area contributed by atoms with Gasteiger partial charge >= 0.3 is 11.9 Å². The highest BCUT2D eigenvalue weighted by atomic mass is 79.9. The van der Waals surface area contributed by atoms with Crippen LogP contribution in [0.15, 0.2) is 39.6 Å². The van der Waals surface area contributed by atoms with E-state index < -0.39 is 17.6 Å². The van der Waals surface area contributed by atoms with Crippen LogP contribution < -0.4 is 5.69 Å². The zero-order chi connectivity index (χ0) is 13.3. The van der Waals surface area contributed by atoms with Gasteiger partial charge in [-0.2, -0.15) is 18.2 Å². The Hall–Kier alpha value is -1.63. The van der Waals surface area contributed by atoms with Crippen LogP contribution in [0.5, 0.6) is 0 Å². The first-order chi connectivity index (χ1) is 8.36. The summed E-state index contributed by atoms with van der Waals surface area (Å²) in [5.74, 6) is 0. The highest BCUT2D eigenvalue weighted by Crippen LogP contribution is 2.29. The standard InChI is InChI=1S/C11H6BrF3N2O/c12-7-3-1-2-6(4-7)8-5-9(11(13,14)15)17-10(18)16-8/h1-5H,(H,16,17,18). The molecular formula is C11H6BrF3N2O. The molecule has 1 N–H and O–H groups in total. The number of benzene rings is 1.